The Morgan fingerprint density at radius 1 is 1.06 bits per heavy atom. The Morgan fingerprint density at radius 3 is 2.59 bits per heavy atom. The predicted octanol–water partition coefficient (Wildman–Crippen LogP) is 5.20. The van der Waals surface area contributed by atoms with Gasteiger partial charge in [-0.05, 0) is 58.1 Å². The van der Waals surface area contributed by atoms with Crippen LogP contribution in [0, 0.1) is 5.92 Å². The van der Waals surface area contributed by atoms with E-state index in [4.69, 9.17) is 15.1 Å². The smallest absolute Gasteiger partial charge is 0.222 e. The van der Waals surface area contributed by atoms with Gasteiger partial charge in [0.1, 0.15) is 17.3 Å². The first-order valence-corrected chi connectivity index (χ1v) is 12.3. The standard InChI is InChI=1S/C25H38N6O/c1-25(2,3)28-21-14-8-12-19(26-21)23-27-24(20-13-9-15-22(32)30(20)4)31(29-23)17-16-18-10-6-5-7-11-18/h8,12,14,18,20H,5-7,9-11,13,15-17H2,1-4H3,(H,26,28). The van der Waals surface area contributed by atoms with Crippen molar-refractivity contribution < 1.29 is 4.79 Å². The molecular weight excluding hydrogens is 400 g/mol. The Bertz CT molecular complexity index is 925. The molecule has 174 valence electrons. The number of hydrogen-bond donors (Lipinski definition) is 1. The molecule has 1 atom stereocenters. The van der Waals surface area contributed by atoms with Gasteiger partial charge in [0.15, 0.2) is 5.82 Å². The number of carbonyl (C=O) groups excluding carboxylic acids is 1. The number of hydrogen-bond acceptors (Lipinski definition) is 5. The van der Waals surface area contributed by atoms with E-state index in [1.54, 1.807) is 0 Å². The van der Waals surface area contributed by atoms with Gasteiger partial charge in [-0.3, -0.25) is 4.79 Å². The fourth-order valence-electron chi connectivity index (χ4n) is 4.96. The highest BCUT2D eigenvalue weighted by atomic mass is 16.2. The third-order valence-electron chi connectivity index (χ3n) is 6.68. The van der Waals surface area contributed by atoms with E-state index in [0.717, 1.165) is 49.1 Å². The zero-order valence-electron chi connectivity index (χ0n) is 20.1. The van der Waals surface area contributed by atoms with Crippen LogP contribution in [-0.2, 0) is 11.3 Å². The van der Waals surface area contributed by atoms with Crippen LogP contribution in [0.4, 0.5) is 5.82 Å². The maximum atomic E-state index is 12.4. The van der Waals surface area contributed by atoms with Gasteiger partial charge >= 0.3 is 0 Å². The van der Waals surface area contributed by atoms with E-state index in [1.165, 1.54) is 32.1 Å². The van der Waals surface area contributed by atoms with Crippen LogP contribution < -0.4 is 5.32 Å². The monoisotopic (exact) mass is 438 g/mol. The molecule has 3 heterocycles. The van der Waals surface area contributed by atoms with E-state index in [1.807, 2.05) is 30.1 Å². The maximum absolute atomic E-state index is 12.4. The fourth-order valence-corrected chi connectivity index (χ4v) is 4.96. The molecule has 0 bridgehead atoms. The zero-order valence-corrected chi connectivity index (χ0v) is 20.1. The number of pyridine rings is 1. The Kier molecular flexibility index (Phi) is 6.82. The summed E-state index contributed by atoms with van der Waals surface area (Å²) in [5.74, 6) is 3.33. The van der Waals surface area contributed by atoms with Gasteiger partial charge < -0.3 is 10.2 Å². The molecule has 32 heavy (non-hydrogen) atoms. The second-order valence-corrected chi connectivity index (χ2v) is 10.5. The fraction of sp³-hybridized carbons (Fsp3) is 0.680. The average molecular weight is 439 g/mol. The number of nitrogens with one attached hydrogen (secondary N) is 1. The zero-order chi connectivity index (χ0) is 22.7. The van der Waals surface area contributed by atoms with Crippen LogP contribution in [0.2, 0.25) is 0 Å². The molecule has 2 aliphatic rings. The van der Waals surface area contributed by atoms with Crippen molar-refractivity contribution >= 4 is 11.7 Å². The second-order valence-electron chi connectivity index (χ2n) is 10.5. The van der Waals surface area contributed by atoms with Crippen LogP contribution in [0.1, 0.15) is 90.4 Å². The molecule has 1 unspecified atom stereocenters. The highest BCUT2D eigenvalue weighted by Crippen LogP contribution is 2.32. The summed E-state index contributed by atoms with van der Waals surface area (Å²) in [6.07, 6.45) is 10.3. The number of anilines is 1. The lowest BCUT2D eigenvalue weighted by Gasteiger charge is -2.32. The van der Waals surface area contributed by atoms with Crippen LogP contribution >= 0.6 is 0 Å². The number of aromatic nitrogens is 4. The summed E-state index contributed by atoms with van der Waals surface area (Å²) in [5, 5.41) is 8.35. The Hall–Kier alpha value is -2.44. The minimum atomic E-state index is -0.0747. The molecule has 1 saturated heterocycles. The molecule has 2 fully saturated rings. The van der Waals surface area contributed by atoms with Gasteiger partial charge in [0.05, 0.1) is 6.04 Å². The number of nitrogens with zero attached hydrogens (tertiary/aromatic N) is 5. The SMILES string of the molecule is CN1C(=O)CCCC1c1nc(-c2cccc(NC(C)(C)C)n2)nn1CCC1CCCCC1. The molecule has 1 N–H and O–H groups in total. The summed E-state index contributed by atoms with van der Waals surface area (Å²) >= 11 is 0. The summed E-state index contributed by atoms with van der Waals surface area (Å²) in [7, 11) is 1.90. The molecule has 7 nitrogen and oxygen atoms in total. The quantitative estimate of drug-likeness (QED) is 0.670. The minimum absolute atomic E-state index is 0.0141. The van der Waals surface area contributed by atoms with Crippen molar-refractivity contribution in [3.05, 3.63) is 24.0 Å². The van der Waals surface area contributed by atoms with E-state index >= 15 is 0 Å². The Morgan fingerprint density at radius 2 is 1.84 bits per heavy atom. The summed E-state index contributed by atoms with van der Waals surface area (Å²) in [5.41, 5.74) is 0.691. The molecular formula is C25H38N6O. The maximum Gasteiger partial charge on any atom is 0.222 e. The Balaban J connectivity index is 1.62. The van der Waals surface area contributed by atoms with Crippen LogP contribution in [0.15, 0.2) is 18.2 Å². The van der Waals surface area contributed by atoms with E-state index in [9.17, 15) is 4.79 Å². The van der Waals surface area contributed by atoms with Gasteiger partial charge in [0.2, 0.25) is 5.91 Å². The molecule has 1 aliphatic heterocycles. The molecule has 1 saturated carbocycles. The lowest BCUT2D eigenvalue weighted by molar-refractivity contribution is -0.135. The molecule has 1 amide bonds. The first-order valence-electron chi connectivity index (χ1n) is 12.3. The van der Waals surface area contributed by atoms with E-state index < -0.39 is 0 Å². The minimum Gasteiger partial charge on any atom is -0.365 e. The van der Waals surface area contributed by atoms with Crippen molar-refractivity contribution in [2.75, 3.05) is 12.4 Å². The van der Waals surface area contributed by atoms with Gasteiger partial charge in [-0.25, -0.2) is 14.6 Å². The largest absolute Gasteiger partial charge is 0.365 e. The van der Waals surface area contributed by atoms with E-state index in [-0.39, 0.29) is 17.5 Å². The molecule has 0 aromatic carbocycles. The van der Waals surface area contributed by atoms with Crippen molar-refractivity contribution in [1.29, 1.82) is 0 Å². The number of piperidine rings is 1. The normalized spacial score (nSPS) is 20.6. The number of aryl methyl sites for hydroxylation is 1. The van der Waals surface area contributed by atoms with Crippen molar-refractivity contribution in [2.45, 2.75) is 96.7 Å². The third-order valence-corrected chi connectivity index (χ3v) is 6.68. The number of carbonyl (C=O) groups is 1. The van der Waals surface area contributed by atoms with Crippen molar-refractivity contribution in [3.63, 3.8) is 0 Å². The number of rotatable bonds is 6. The molecule has 2 aromatic rings. The first-order chi connectivity index (χ1) is 15.3. The lowest BCUT2D eigenvalue weighted by atomic mass is 9.87. The van der Waals surface area contributed by atoms with Gasteiger partial charge in [0.25, 0.3) is 0 Å². The molecule has 0 radical (unpaired) electrons. The number of likely N-dealkylation sites (tertiary alicyclic amines) is 1. The average Bonchev–Trinajstić information content (AvgIpc) is 3.18. The molecule has 1 aliphatic carbocycles. The molecule has 0 spiro atoms. The highest BCUT2D eigenvalue weighted by Gasteiger charge is 2.31. The second kappa shape index (κ2) is 9.59. The first kappa shape index (κ1) is 22.7. The van der Waals surface area contributed by atoms with Gasteiger partial charge in [0, 0.05) is 25.6 Å². The summed E-state index contributed by atoms with van der Waals surface area (Å²) in [4.78, 5) is 24.0. The summed E-state index contributed by atoms with van der Waals surface area (Å²) < 4.78 is 2.06. The summed E-state index contributed by atoms with van der Waals surface area (Å²) in [6.45, 7) is 7.21. The highest BCUT2D eigenvalue weighted by molar-refractivity contribution is 5.77. The van der Waals surface area contributed by atoms with Crippen LogP contribution in [0.3, 0.4) is 0 Å². The summed E-state index contributed by atoms with van der Waals surface area (Å²) in [6, 6.07) is 5.92. The lowest BCUT2D eigenvalue weighted by Crippen LogP contribution is -2.36. The Labute approximate surface area is 192 Å². The van der Waals surface area contributed by atoms with Crippen LogP contribution in [-0.4, -0.2) is 43.1 Å². The third kappa shape index (κ3) is 5.48. The van der Waals surface area contributed by atoms with Gasteiger partial charge in [-0.15, -0.1) is 5.10 Å². The predicted molar refractivity (Wildman–Crippen MR) is 127 cm³/mol. The van der Waals surface area contributed by atoms with Crippen LogP contribution in [0.25, 0.3) is 11.5 Å². The van der Waals surface area contributed by atoms with Crippen molar-refractivity contribution in [1.82, 2.24) is 24.6 Å². The van der Waals surface area contributed by atoms with Gasteiger partial charge in [-0.2, -0.15) is 0 Å². The van der Waals surface area contributed by atoms with Crippen molar-refractivity contribution in [2.24, 2.45) is 5.92 Å². The van der Waals surface area contributed by atoms with Crippen molar-refractivity contribution in [3.8, 4) is 11.5 Å². The van der Waals surface area contributed by atoms with Gasteiger partial charge in [-0.1, -0.05) is 38.2 Å². The van der Waals surface area contributed by atoms with E-state index in [2.05, 4.69) is 30.8 Å². The van der Waals surface area contributed by atoms with E-state index in [0.29, 0.717) is 12.2 Å². The molecule has 4 rings (SSSR count). The molecule has 7 heteroatoms. The number of amides is 1. The topological polar surface area (TPSA) is 75.9 Å². The van der Waals surface area contributed by atoms with Crippen LogP contribution in [0.5, 0.6) is 0 Å². The molecule has 2 aromatic heterocycles.